The van der Waals surface area contributed by atoms with Gasteiger partial charge in [-0.3, -0.25) is 0 Å². The summed E-state index contributed by atoms with van der Waals surface area (Å²) in [6.45, 7) is 0. The lowest BCUT2D eigenvalue weighted by Gasteiger charge is -2.15. The smallest absolute Gasteiger partial charge is 0.206 e. The summed E-state index contributed by atoms with van der Waals surface area (Å²) in [5.74, 6) is 0.329. The van der Waals surface area contributed by atoms with Crippen LogP contribution in [0.2, 0.25) is 0 Å². The van der Waals surface area contributed by atoms with Crippen molar-refractivity contribution >= 4 is 38.6 Å². The van der Waals surface area contributed by atoms with Crippen LogP contribution in [0, 0.1) is 5.21 Å². The number of nitrogens with one attached hydrogen (secondary N) is 2. The van der Waals surface area contributed by atoms with E-state index < -0.39 is 5.23 Å². The maximum absolute atomic E-state index is 11.4. The van der Waals surface area contributed by atoms with E-state index in [0.717, 1.165) is 27.2 Å². The molecule has 1 aromatic heterocycles. The summed E-state index contributed by atoms with van der Waals surface area (Å²) in [6.07, 6.45) is 0. The zero-order valence-corrected chi connectivity index (χ0v) is 15.3. The minimum Gasteiger partial charge on any atom is -0.595 e. The number of fused-ring (bicyclic) bond motifs is 1. The summed E-state index contributed by atoms with van der Waals surface area (Å²) < 4.78 is 5.11. The van der Waals surface area contributed by atoms with Crippen LogP contribution in [0.5, 0.6) is 5.75 Å². The van der Waals surface area contributed by atoms with Gasteiger partial charge in [-0.2, -0.15) is 5.23 Å². The molecule has 0 aliphatic heterocycles. The first-order valence-electron chi connectivity index (χ1n) is 8.28. The van der Waals surface area contributed by atoms with Crippen LogP contribution in [0.1, 0.15) is 0 Å². The van der Waals surface area contributed by atoms with Crippen molar-refractivity contribution in [3.8, 4) is 17.0 Å². The van der Waals surface area contributed by atoms with E-state index in [4.69, 9.17) is 4.74 Å². The Morgan fingerprint density at radius 1 is 1.11 bits per heavy atom. The van der Waals surface area contributed by atoms with Crippen LogP contribution in [-0.4, -0.2) is 17.3 Å². The fraction of sp³-hybridized carbons (Fsp3) is 0.0500. The second kappa shape index (κ2) is 7.34. The summed E-state index contributed by atoms with van der Waals surface area (Å²) in [4.78, 5) is 4.61. The van der Waals surface area contributed by atoms with Gasteiger partial charge in [0.2, 0.25) is 5.69 Å². The Kier molecular flexibility index (Phi) is 4.74. The molecule has 3 aromatic carbocycles. The van der Waals surface area contributed by atoms with Gasteiger partial charge in [0.25, 0.3) is 0 Å². The van der Waals surface area contributed by atoms with Gasteiger partial charge in [-0.25, -0.2) is 10.2 Å². The Morgan fingerprint density at radius 2 is 1.93 bits per heavy atom. The van der Waals surface area contributed by atoms with E-state index in [1.807, 2.05) is 35.7 Å². The number of benzene rings is 3. The van der Waals surface area contributed by atoms with E-state index in [9.17, 15) is 10.4 Å². The normalized spacial score (nSPS) is 12.1. The van der Waals surface area contributed by atoms with Crippen molar-refractivity contribution in [1.29, 1.82) is 0 Å². The highest BCUT2D eigenvalue weighted by atomic mass is 32.1. The fourth-order valence-corrected chi connectivity index (χ4v) is 3.68. The molecular weight excluding hydrogens is 362 g/mol. The van der Waals surface area contributed by atoms with E-state index in [1.54, 1.807) is 12.1 Å². The molecule has 0 saturated heterocycles. The van der Waals surface area contributed by atoms with Gasteiger partial charge in [-0.15, -0.1) is 11.3 Å². The van der Waals surface area contributed by atoms with Crippen LogP contribution in [0.4, 0.5) is 16.5 Å². The molecule has 4 rings (SSSR count). The molecule has 6 nitrogen and oxygen atoms in total. The molecule has 0 saturated carbocycles. The Balaban J connectivity index is 1.65. The maximum atomic E-state index is 11.4. The van der Waals surface area contributed by atoms with Crippen molar-refractivity contribution in [2.24, 2.45) is 0 Å². The highest BCUT2D eigenvalue weighted by Gasteiger charge is 2.14. The highest BCUT2D eigenvalue weighted by molar-refractivity contribution is 7.14. The highest BCUT2D eigenvalue weighted by Crippen LogP contribution is 2.32. The number of thiazole rings is 1. The quantitative estimate of drug-likeness (QED) is 0.455. The van der Waals surface area contributed by atoms with Gasteiger partial charge in [0.15, 0.2) is 10.9 Å². The molecule has 136 valence electrons. The van der Waals surface area contributed by atoms with Crippen LogP contribution in [0.15, 0.2) is 66.0 Å². The lowest BCUT2D eigenvalue weighted by Crippen LogP contribution is -2.99. The van der Waals surface area contributed by atoms with E-state index in [1.165, 1.54) is 18.4 Å². The second-order valence-electron chi connectivity index (χ2n) is 5.91. The minimum absolute atomic E-state index is 0.117. The second-order valence-corrected chi connectivity index (χ2v) is 6.77. The third kappa shape index (κ3) is 3.49. The summed E-state index contributed by atoms with van der Waals surface area (Å²) in [6, 6.07) is 19.3. The Labute approximate surface area is 159 Å². The predicted octanol–water partition coefficient (Wildman–Crippen LogP) is 4.12. The van der Waals surface area contributed by atoms with Gasteiger partial charge >= 0.3 is 0 Å². The third-order valence-electron chi connectivity index (χ3n) is 4.26. The molecule has 0 amide bonds. The van der Waals surface area contributed by atoms with Gasteiger partial charge in [0, 0.05) is 28.1 Å². The standard InChI is InChI=1S/C20H17N3O3S/c1-26-19-10-9-14(11-18(19)23(24)25)17-12-27-20(22-17)21-16-8-4-6-13-5-2-3-7-15(13)16/h2-12,23-24H,1H3,(H,21,22). The molecule has 1 heterocycles. The van der Waals surface area contributed by atoms with Crippen molar-refractivity contribution in [3.63, 3.8) is 0 Å². The van der Waals surface area contributed by atoms with Crippen LogP contribution in [-0.2, 0) is 0 Å². The van der Waals surface area contributed by atoms with Crippen LogP contribution < -0.4 is 15.3 Å². The van der Waals surface area contributed by atoms with E-state index in [-0.39, 0.29) is 5.69 Å². The maximum Gasteiger partial charge on any atom is 0.206 e. The molecule has 0 bridgehead atoms. The summed E-state index contributed by atoms with van der Waals surface area (Å²) in [5, 5.41) is 28.0. The van der Waals surface area contributed by atoms with E-state index in [2.05, 4.69) is 28.5 Å². The first-order chi connectivity index (χ1) is 13.2. The molecule has 1 unspecified atom stereocenters. The third-order valence-corrected chi connectivity index (χ3v) is 5.02. The van der Waals surface area contributed by atoms with Crippen LogP contribution in [0.3, 0.4) is 0 Å². The number of hydrogen-bond donors (Lipinski definition) is 3. The summed E-state index contributed by atoms with van der Waals surface area (Å²) in [5.41, 5.74) is 2.55. The van der Waals surface area contributed by atoms with Crippen LogP contribution in [0.25, 0.3) is 22.0 Å². The molecule has 0 fully saturated rings. The summed E-state index contributed by atoms with van der Waals surface area (Å²) >= 11 is 1.47. The first-order valence-corrected chi connectivity index (χ1v) is 9.15. The fourth-order valence-electron chi connectivity index (χ4n) is 2.95. The molecule has 27 heavy (non-hydrogen) atoms. The number of rotatable bonds is 5. The molecular formula is C20H17N3O3S. The molecule has 0 aliphatic rings. The number of methoxy groups -OCH3 is 1. The van der Waals surface area contributed by atoms with Gasteiger partial charge in [0.1, 0.15) is 0 Å². The van der Waals surface area contributed by atoms with Crippen molar-refractivity contribution < 1.29 is 15.2 Å². The minimum atomic E-state index is -1.03. The molecule has 7 heteroatoms. The van der Waals surface area contributed by atoms with Crippen molar-refractivity contribution in [2.75, 3.05) is 12.4 Å². The average molecular weight is 379 g/mol. The molecule has 0 aliphatic carbocycles. The van der Waals surface area contributed by atoms with Gasteiger partial charge in [0.05, 0.1) is 12.8 Å². The molecule has 4 aromatic rings. The monoisotopic (exact) mass is 379 g/mol. The first kappa shape index (κ1) is 17.4. The summed E-state index contributed by atoms with van der Waals surface area (Å²) in [7, 11) is 1.45. The van der Waals surface area contributed by atoms with E-state index >= 15 is 0 Å². The number of quaternary nitrogens is 1. The SMILES string of the molecule is COc1ccc(-c2csc(Nc3cccc4ccccc34)n2)cc1[NH+]([O-])O. The number of anilines is 2. The molecule has 0 spiro atoms. The topological polar surface area (TPSA) is 81.9 Å². The Morgan fingerprint density at radius 3 is 2.74 bits per heavy atom. The molecule has 1 atom stereocenters. The Bertz CT molecular complexity index is 1090. The number of ether oxygens (including phenoxy) is 1. The van der Waals surface area contributed by atoms with Crippen molar-refractivity contribution in [2.45, 2.75) is 0 Å². The van der Waals surface area contributed by atoms with E-state index in [0.29, 0.717) is 11.4 Å². The van der Waals surface area contributed by atoms with Gasteiger partial charge in [-0.05, 0) is 23.6 Å². The number of nitrogens with zero attached hydrogens (tertiary/aromatic N) is 1. The van der Waals surface area contributed by atoms with Crippen LogP contribution >= 0.6 is 11.3 Å². The zero-order chi connectivity index (χ0) is 18.8. The van der Waals surface area contributed by atoms with Gasteiger partial charge < -0.3 is 15.3 Å². The van der Waals surface area contributed by atoms with Gasteiger partial charge in [-0.1, -0.05) is 36.4 Å². The zero-order valence-electron chi connectivity index (χ0n) is 14.5. The molecule has 3 N–H and O–H groups in total. The number of aromatic nitrogens is 1. The molecule has 0 radical (unpaired) electrons. The Hall–Kier alpha value is -2.97. The lowest BCUT2D eigenvalue weighted by molar-refractivity contribution is -0.991. The largest absolute Gasteiger partial charge is 0.595 e. The van der Waals surface area contributed by atoms with Crippen molar-refractivity contribution in [3.05, 3.63) is 71.3 Å². The average Bonchev–Trinajstić information content (AvgIpc) is 3.16. The number of hydrogen-bond acceptors (Lipinski definition) is 6. The predicted molar refractivity (Wildman–Crippen MR) is 107 cm³/mol. The van der Waals surface area contributed by atoms with Crippen molar-refractivity contribution in [1.82, 2.24) is 4.98 Å². The lowest BCUT2D eigenvalue weighted by atomic mass is 10.1.